The van der Waals surface area contributed by atoms with Crippen molar-refractivity contribution in [3.8, 4) is 0 Å². The van der Waals surface area contributed by atoms with Crippen LogP contribution < -0.4 is 15.5 Å². The fraction of sp³-hybridized carbons (Fsp3) is 0.561. The number of amides is 3. The van der Waals surface area contributed by atoms with Crippen molar-refractivity contribution < 1.29 is 28.3 Å². The van der Waals surface area contributed by atoms with Crippen molar-refractivity contribution in [2.45, 2.75) is 111 Å². The minimum atomic E-state index is -0.673. The van der Waals surface area contributed by atoms with Crippen LogP contribution in [0.1, 0.15) is 107 Å². The lowest BCUT2D eigenvalue weighted by Gasteiger charge is -2.36. The number of fused-ring (bicyclic) bond motifs is 2. The molecule has 0 aliphatic carbocycles. The Morgan fingerprint density at radius 3 is 2.39 bits per heavy atom. The fourth-order valence-electron chi connectivity index (χ4n) is 6.98. The Morgan fingerprint density at radius 2 is 1.73 bits per heavy atom. The van der Waals surface area contributed by atoms with Crippen molar-refractivity contribution in [1.82, 2.24) is 25.1 Å². The number of likely N-dealkylation sites (N-methyl/N-ethyl adjacent to an activating group) is 1. The van der Waals surface area contributed by atoms with Crippen LogP contribution in [0.25, 0.3) is 10.9 Å². The van der Waals surface area contributed by atoms with Crippen molar-refractivity contribution in [3.63, 3.8) is 0 Å². The van der Waals surface area contributed by atoms with Gasteiger partial charge in [-0.25, -0.2) is 14.2 Å². The Hall–Kier alpha value is -4.04. The van der Waals surface area contributed by atoms with Crippen LogP contribution in [0, 0.1) is 5.82 Å². The van der Waals surface area contributed by atoms with E-state index in [2.05, 4.69) is 37.6 Å². The first-order valence-electron chi connectivity index (χ1n) is 19.7. The van der Waals surface area contributed by atoms with E-state index in [1.165, 1.54) is 0 Å². The Morgan fingerprint density at radius 1 is 1.05 bits per heavy atom. The van der Waals surface area contributed by atoms with Crippen LogP contribution in [0.4, 0.5) is 21.0 Å². The number of nitrogens with one attached hydrogen (secondary N) is 2. The van der Waals surface area contributed by atoms with Crippen LogP contribution in [-0.2, 0) is 27.3 Å². The molecule has 56 heavy (non-hydrogen) atoms. The van der Waals surface area contributed by atoms with Gasteiger partial charge in [0.1, 0.15) is 29.3 Å². The van der Waals surface area contributed by atoms with E-state index in [-0.39, 0.29) is 39.3 Å². The molecule has 2 N–H and O–H groups in total. The number of carbonyl (C=O) groups is 4. The highest BCUT2D eigenvalue weighted by Gasteiger charge is 2.36. The van der Waals surface area contributed by atoms with Crippen LogP contribution in [0.15, 0.2) is 28.7 Å². The van der Waals surface area contributed by atoms with Crippen LogP contribution in [0.2, 0.25) is 5.02 Å². The number of nitrogens with zero attached hydrogens (tertiary/aromatic N) is 5. The number of anilines is 2. The number of aldehydes is 1. The first kappa shape index (κ1) is 44.7. The van der Waals surface area contributed by atoms with Gasteiger partial charge in [-0.2, -0.15) is 4.98 Å². The van der Waals surface area contributed by atoms with Gasteiger partial charge in [-0.15, -0.1) is 0 Å². The van der Waals surface area contributed by atoms with E-state index in [1.807, 2.05) is 51.7 Å². The van der Waals surface area contributed by atoms with Gasteiger partial charge in [0.25, 0.3) is 5.91 Å². The summed E-state index contributed by atoms with van der Waals surface area (Å²) >= 11 is 9.60. The molecule has 1 atom stereocenters. The van der Waals surface area contributed by atoms with Gasteiger partial charge in [-0.1, -0.05) is 63.3 Å². The lowest BCUT2D eigenvalue weighted by Crippen LogP contribution is -2.50. The number of ether oxygens (including phenoxy) is 1. The average Bonchev–Trinajstić information content (AvgIpc) is 3.52. The quantitative estimate of drug-likeness (QED) is 0.0828. The van der Waals surface area contributed by atoms with E-state index < -0.39 is 17.5 Å². The van der Waals surface area contributed by atoms with E-state index in [9.17, 15) is 19.2 Å². The summed E-state index contributed by atoms with van der Waals surface area (Å²) in [4.78, 5) is 64.0. The summed E-state index contributed by atoms with van der Waals surface area (Å²) in [6.45, 7) is 12.4. The third-order valence-electron chi connectivity index (χ3n) is 9.77. The third-order valence-corrected chi connectivity index (χ3v) is 11.1. The molecule has 1 unspecified atom stereocenters. The zero-order chi connectivity index (χ0) is 41.0. The molecule has 3 heterocycles. The van der Waals surface area contributed by atoms with Crippen molar-refractivity contribution in [2.75, 3.05) is 50.0 Å². The molecular formula is C41H56BrClFN7O5. The van der Waals surface area contributed by atoms with Gasteiger partial charge < -0.3 is 34.9 Å². The van der Waals surface area contributed by atoms with Crippen molar-refractivity contribution in [1.29, 1.82) is 0 Å². The maximum Gasteiger partial charge on any atom is 0.410 e. The van der Waals surface area contributed by atoms with E-state index in [0.717, 1.165) is 62.4 Å². The lowest BCUT2D eigenvalue weighted by atomic mass is 9.98. The molecule has 2 aromatic carbocycles. The normalized spacial score (nSPS) is 14.6. The zero-order valence-electron chi connectivity index (χ0n) is 33.5. The van der Waals surface area contributed by atoms with Gasteiger partial charge in [-0.3, -0.25) is 9.59 Å². The first-order valence-corrected chi connectivity index (χ1v) is 20.9. The smallest absolute Gasteiger partial charge is 0.410 e. The number of carbonyl (C=O) groups excluding carboxylic acids is 4. The molecule has 0 bridgehead atoms. The minimum Gasteiger partial charge on any atom is -0.444 e. The summed E-state index contributed by atoms with van der Waals surface area (Å²) in [7, 11) is 1.54. The van der Waals surface area contributed by atoms with E-state index in [0.29, 0.717) is 68.4 Å². The standard InChI is InChI=1S/C39H50BrClFN7O5.C2H6/c1-39(2,3)54-38(53)48-20-18-47(19-21-48)34-27-23-29(41)31(40)32(42)33(27)45-37(46-34)44-17-10-8-6-5-7-9-13-25-14-11-15-26-28(25)24-49(36(26)52)30(16-12-22-50)35(51)43-4;1-2/h11,14-15,22-23,30H,5-10,12-13,16-21,24H2,1-4H3,(H,43,51)(H,44,45,46);1-2H3. The molecule has 5 rings (SSSR count). The number of hydrogen-bond acceptors (Lipinski definition) is 9. The molecule has 2 aliphatic rings. The Bertz CT molecular complexity index is 1850. The summed E-state index contributed by atoms with van der Waals surface area (Å²) in [5.74, 6) is -0.0822. The monoisotopic (exact) mass is 859 g/mol. The zero-order valence-corrected chi connectivity index (χ0v) is 35.8. The largest absolute Gasteiger partial charge is 0.444 e. The molecule has 3 aromatic rings. The predicted octanol–water partition coefficient (Wildman–Crippen LogP) is 8.31. The second kappa shape index (κ2) is 20.9. The predicted molar refractivity (Wildman–Crippen MR) is 223 cm³/mol. The van der Waals surface area contributed by atoms with E-state index >= 15 is 4.39 Å². The highest BCUT2D eigenvalue weighted by molar-refractivity contribution is 9.10. The summed E-state index contributed by atoms with van der Waals surface area (Å²) in [6.07, 6.45) is 7.81. The Balaban J connectivity index is 0.00000342. The molecule has 15 heteroatoms. The number of halogens is 3. The minimum absolute atomic E-state index is 0.148. The number of benzene rings is 2. The molecule has 12 nitrogen and oxygen atoms in total. The summed E-state index contributed by atoms with van der Waals surface area (Å²) in [6, 6.07) is 6.78. The van der Waals surface area contributed by atoms with Gasteiger partial charge in [0.15, 0.2) is 5.82 Å². The Kier molecular flexibility index (Phi) is 16.7. The highest BCUT2D eigenvalue weighted by atomic mass is 79.9. The number of unbranched alkanes of at least 4 members (excludes halogenated alkanes) is 5. The van der Waals surface area contributed by atoms with Gasteiger partial charge in [0.05, 0.1) is 9.50 Å². The molecule has 1 aromatic heterocycles. The van der Waals surface area contributed by atoms with Crippen LogP contribution in [-0.4, -0.2) is 95.4 Å². The number of piperazine rings is 1. The topological polar surface area (TPSA) is 137 Å². The van der Waals surface area contributed by atoms with Crippen LogP contribution >= 0.6 is 27.5 Å². The van der Waals surface area contributed by atoms with Gasteiger partial charge in [0.2, 0.25) is 11.9 Å². The molecule has 0 spiro atoms. The second-order valence-electron chi connectivity index (χ2n) is 14.8. The number of aromatic nitrogens is 2. The van der Waals surface area contributed by atoms with Crippen molar-refractivity contribution in [3.05, 3.63) is 56.3 Å². The molecule has 1 saturated heterocycles. The number of aryl methyl sites for hydroxylation is 1. The van der Waals surface area contributed by atoms with Crippen molar-refractivity contribution in [2.24, 2.45) is 0 Å². The van der Waals surface area contributed by atoms with E-state index in [4.69, 9.17) is 21.3 Å². The molecule has 0 saturated carbocycles. The van der Waals surface area contributed by atoms with Gasteiger partial charge >= 0.3 is 6.09 Å². The summed E-state index contributed by atoms with van der Waals surface area (Å²) in [5, 5.41) is 6.65. The number of hydrogen-bond donors (Lipinski definition) is 2. The van der Waals surface area contributed by atoms with Crippen LogP contribution in [0.3, 0.4) is 0 Å². The molecule has 0 radical (unpaired) electrons. The number of rotatable bonds is 16. The molecule has 1 fully saturated rings. The highest BCUT2D eigenvalue weighted by Crippen LogP contribution is 2.36. The maximum atomic E-state index is 15.4. The van der Waals surface area contributed by atoms with Gasteiger partial charge in [0, 0.05) is 63.7 Å². The molecule has 306 valence electrons. The second-order valence-corrected chi connectivity index (χ2v) is 16.0. The fourth-order valence-corrected chi connectivity index (χ4v) is 7.47. The maximum absolute atomic E-state index is 15.4. The third kappa shape index (κ3) is 11.3. The van der Waals surface area contributed by atoms with Crippen LogP contribution in [0.5, 0.6) is 0 Å². The molecule has 3 amide bonds. The Labute approximate surface area is 343 Å². The van der Waals surface area contributed by atoms with E-state index in [1.54, 1.807) is 22.9 Å². The van der Waals surface area contributed by atoms with Gasteiger partial charge in [-0.05, 0) is 85.6 Å². The first-order chi connectivity index (χ1) is 26.8. The van der Waals surface area contributed by atoms with Crippen molar-refractivity contribution >= 4 is 74.4 Å². The molecular weight excluding hydrogens is 805 g/mol. The molecule has 2 aliphatic heterocycles. The SMILES string of the molecule is CC.CNC(=O)C(CCC=O)N1Cc2c(CCCCCCCCNc3nc(N4CCN(C(=O)OC(C)(C)C)CC4)c4cc(Cl)c(Br)c(F)c4n3)cccc2C1=O. The summed E-state index contributed by atoms with van der Waals surface area (Å²) < 4.78 is 21.1. The summed E-state index contributed by atoms with van der Waals surface area (Å²) in [5.41, 5.74) is 2.33. The average molecular weight is 861 g/mol. The lowest BCUT2D eigenvalue weighted by molar-refractivity contribution is -0.125.